The molecule has 0 aliphatic carbocycles. The van der Waals surface area contributed by atoms with E-state index in [2.05, 4.69) is 4.98 Å². The van der Waals surface area contributed by atoms with Gasteiger partial charge in [-0.2, -0.15) is 0 Å². The summed E-state index contributed by atoms with van der Waals surface area (Å²) >= 11 is 0. The van der Waals surface area contributed by atoms with Crippen LogP contribution in [0.4, 0.5) is 10.2 Å². The van der Waals surface area contributed by atoms with E-state index in [0.717, 1.165) is 27.9 Å². The lowest BCUT2D eigenvalue weighted by Gasteiger charge is -2.12. The first-order chi connectivity index (χ1) is 7.99. The second-order valence-electron chi connectivity index (χ2n) is 4.28. The molecule has 3 heteroatoms. The van der Waals surface area contributed by atoms with E-state index in [1.54, 1.807) is 6.07 Å². The fourth-order valence-electron chi connectivity index (χ4n) is 2.18. The number of nitrogen functional groups attached to an aromatic ring is 1. The predicted octanol–water partition coefficient (Wildman–Crippen LogP) is 3.40. The van der Waals surface area contributed by atoms with Gasteiger partial charge in [0.1, 0.15) is 11.6 Å². The van der Waals surface area contributed by atoms with Crippen LogP contribution in [0.1, 0.15) is 16.8 Å². The summed E-state index contributed by atoms with van der Waals surface area (Å²) in [5.41, 5.74) is 10.4. The van der Waals surface area contributed by atoms with Crippen LogP contribution < -0.4 is 5.73 Å². The van der Waals surface area contributed by atoms with Gasteiger partial charge in [-0.25, -0.2) is 9.37 Å². The van der Waals surface area contributed by atoms with Crippen LogP contribution in [0.3, 0.4) is 0 Å². The number of aromatic nitrogens is 1. The number of aryl methyl sites for hydroxylation is 3. The fraction of sp³-hybridized carbons (Fsp3) is 0.214. The molecule has 0 bridgehead atoms. The number of hydrogen-bond donors (Lipinski definition) is 1. The second kappa shape index (κ2) is 4.17. The third-order valence-electron chi connectivity index (χ3n) is 2.87. The van der Waals surface area contributed by atoms with Gasteiger partial charge in [0, 0.05) is 11.3 Å². The van der Waals surface area contributed by atoms with E-state index in [9.17, 15) is 4.39 Å². The molecule has 1 aromatic heterocycles. The summed E-state index contributed by atoms with van der Waals surface area (Å²) in [5, 5.41) is 0. The summed E-state index contributed by atoms with van der Waals surface area (Å²) in [7, 11) is 0. The lowest BCUT2D eigenvalue weighted by molar-refractivity contribution is 0.625. The van der Waals surface area contributed by atoms with Gasteiger partial charge >= 0.3 is 0 Å². The quantitative estimate of drug-likeness (QED) is 0.815. The molecular formula is C14H15FN2. The predicted molar refractivity (Wildman–Crippen MR) is 68.3 cm³/mol. The third-order valence-corrected chi connectivity index (χ3v) is 2.87. The number of pyridine rings is 1. The Hall–Kier alpha value is -1.90. The Balaban J connectivity index is 2.68. The molecule has 0 saturated heterocycles. The molecule has 2 N–H and O–H groups in total. The first-order valence-electron chi connectivity index (χ1n) is 5.49. The molecule has 1 aromatic carbocycles. The van der Waals surface area contributed by atoms with Gasteiger partial charge in [0.15, 0.2) is 0 Å². The van der Waals surface area contributed by atoms with E-state index < -0.39 is 0 Å². The molecule has 0 saturated carbocycles. The first kappa shape index (κ1) is 11.6. The van der Waals surface area contributed by atoms with Gasteiger partial charge in [0.05, 0.1) is 0 Å². The molecule has 0 amide bonds. The molecule has 0 unspecified atom stereocenters. The van der Waals surface area contributed by atoms with Crippen molar-refractivity contribution in [2.24, 2.45) is 0 Å². The zero-order valence-corrected chi connectivity index (χ0v) is 10.2. The highest BCUT2D eigenvalue weighted by Crippen LogP contribution is 2.30. The number of benzene rings is 1. The average molecular weight is 230 g/mol. The summed E-state index contributed by atoms with van der Waals surface area (Å²) in [5.74, 6) is 0.300. The van der Waals surface area contributed by atoms with E-state index in [-0.39, 0.29) is 5.82 Å². The maximum Gasteiger partial charge on any atom is 0.123 e. The minimum atomic E-state index is -0.204. The minimum absolute atomic E-state index is 0.204. The first-order valence-corrected chi connectivity index (χ1v) is 5.49. The van der Waals surface area contributed by atoms with E-state index in [1.165, 1.54) is 12.1 Å². The Morgan fingerprint density at radius 2 is 1.65 bits per heavy atom. The van der Waals surface area contributed by atoms with Crippen molar-refractivity contribution in [2.75, 3.05) is 5.73 Å². The van der Waals surface area contributed by atoms with Crippen molar-refractivity contribution in [3.63, 3.8) is 0 Å². The zero-order valence-electron chi connectivity index (χ0n) is 10.2. The van der Waals surface area contributed by atoms with E-state index in [0.29, 0.717) is 5.82 Å². The van der Waals surface area contributed by atoms with Crippen LogP contribution in [-0.4, -0.2) is 4.98 Å². The van der Waals surface area contributed by atoms with Crippen molar-refractivity contribution in [3.05, 3.63) is 46.9 Å². The van der Waals surface area contributed by atoms with Crippen LogP contribution in [-0.2, 0) is 0 Å². The molecule has 2 rings (SSSR count). The van der Waals surface area contributed by atoms with Crippen LogP contribution in [0, 0.1) is 26.6 Å². The Morgan fingerprint density at radius 3 is 2.18 bits per heavy atom. The SMILES string of the molecule is Cc1cc(F)cc(C)c1-c1ccc(N)nc1C. The maximum atomic E-state index is 13.3. The number of hydrogen-bond acceptors (Lipinski definition) is 2. The molecular weight excluding hydrogens is 215 g/mol. The lowest BCUT2D eigenvalue weighted by atomic mass is 9.95. The standard InChI is InChI=1S/C14H15FN2/c1-8-6-11(15)7-9(2)14(8)12-4-5-13(16)17-10(12)3/h4-7H,1-3H3,(H2,16,17). The van der Waals surface area contributed by atoms with Gasteiger partial charge in [-0.15, -0.1) is 0 Å². The number of nitrogens with zero attached hydrogens (tertiary/aromatic N) is 1. The van der Waals surface area contributed by atoms with E-state index >= 15 is 0 Å². The largest absolute Gasteiger partial charge is 0.384 e. The summed E-state index contributed by atoms with van der Waals surface area (Å²) in [6.07, 6.45) is 0. The number of anilines is 1. The van der Waals surface area contributed by atoms with Gasteiger partial charge in [0.2, 0.25) is 0 Å². The lowest BCUT2D eigenvalue weighted by Crippen LogP contribution is -1.97. The Kier molecular flexibility index (Phi) is 2.84. The summed E-state index contributed by atoms with van der Waals surface area (Å²) < 4.78 is 13.3. The topological polar surface area (TPSA) is 38.9 Å². The van der Waals surface area contributed by atoms with E-state index in [1.807, 2.05) is 26.8 Å². The molecule has 2 nitrogen and oxygen atoms in total. The second-order valence-corrected chi connectivity index (χ2v) is 4.28. The highest BCUT2D eigenvalue weighted by atomic mass is 19.1. The van der Waals surface area contributed by atoms with Crippen molar-refractivity contribution in [3.8, 4) is 11.1 Å². The number of rotatable bonds is 1. The monoisotopic (exact) mass is 230 g/mol. The summed E-state index contributed by atoms with van der Waals surface area (Å²) in [6, 6.07) is 6.78. The zero-order chi connectivity index (χ0) is 12.6. The fourth-order valence-corrected chi connectivity index (χ4v) is 2.18. The van der Waals surface area contributed by atoms with Gasteiger partial charge in [-0.3, -0.25) is 0 Å². The third kappa shape index (κ3) is 2.13. The molecule has 0 spiro atoms. The van der Waals surface area contributed by atoms with Gasteiger partial charge in [0.25, 0.3) is 0 Å². The Bertz CT molecular complexity index is 553. The summed E-state index contributed by atoms with van der Waals surface area (Å²) in [4.78, 5) is 4.24. The van der Waals surface area contributed by atoms with Gasteiger partial charge in [-0.1, -0.05) is 0 Å². The Morgan fingerprint density at radius 1 is 1.06 bits per heavy atom. The van der Waals surface area contributed by atoms with Crippen LogP contribution in [0.2, 0.25) is 0 Å². The molecule has 0 aliphatic heterocycles. The van der Waals surface area contributed by atoms with Gasteiger partial charge in [-0.05, 0) is 61.7 Å². The summed E-state index contributed by atoms with van der Waals surface area (Å²) in [6.45, 7) is 5.72. The highest BCUT2D eigenvalue weighted by Gasteiger charge is 2.10. The average Bonchev–Trinajstić information content (AvgIpc) is 2.19. The normalized spacial score (nSPS) is 10.6. The smallest absolute Gasteiger partial charge is 0.123 e. The molecule has 2 aromatic rings. The molecule has 88 valence electrons. The van der Waals surface area contributed by atoms with Crippen molar-refractivity contribution in [1.82, 2.24) is 4.98 Å². The molecule has 1 heterocycles. The van der Waals surface area contributed by atoms with Crippen molar-refractivity contribution in [2.45, 2.75) is 20.8 Å². The molecule has 0 aliphatic rings. The molecule has 0 fully saturated rings. The molecule has 0 radical (unpaired) electrons. The molecule has 0 atom stereocenters. The Labute approximate surface area is 100 Å². The van der Waals surface area contributed by atoms with Crippen molar-refractivity contribution in [1.29, 1.82) is 0 Å². The number of nitrogens with two attached hydrogens (primary N) is 1. The van der Waals surface area contributed by atoms with Crippen LogP contribution in [0.25, 0.3) is 11.1 Å². The molecule has 17 heavy (non-hydrogen) atoms. The number of halogens is 1. The van der Waals surface area contributed by atoms with Crippen LogP contribution >= 0.6 is 0 Å². The maximum absolute atomic E-state index is 13.3. The van der Waals surface area contributed by atoms with Crippen molar-refractivity contribution >= 4 is 5.82 Å². The highest BCUT2D eigenvalue weighted by molar-refractivity contribution is 5.73. The van der Waals surface area contributed by atoms with Crippen molar-refractivity contribution < 1.29 is 4.39 Å². The van der Waals surface area contributed by atoms with E-state index in [4.69, 9.17) is 5.73 Å². The minimum Gasteiger partial charge on any atom is -0.384 e. The van der Waals surface area contributed by atoms with Crippen LogP contribution in [0.5, 0.6) is 0 Å². The van der Waals surface area contributed by atoms with Gasteiger partial charge < -0.3 is 5.73 Å². The van der Waals surface area contributed by atoms with Crippen LogP contribution in [0.15, 0.2) is 24.3 Å².